The minimum absolute atomic E-state index is 0.431. The van der Waals surface area contributed by atoms with E-state index in [0.29, 0.717) is 5.75 Å². The molecule has 0 aliphatic rings. The molecule has 126 valence electrons. The molecule has 1 amide bonds. The quantitative estimate of drug-likeness (QED) is 0.713. The lowest BCUT2D eigenvalue weighted by Gasteiger charge is -2.17. The number of carbonyl (C=O) groups is 1. The number of hydrogen-bond acceptors (Lipinski definition) is 4. The van der Waals surface area contributed by atoms with Crippen LogP contribution in [0.4, 0.5) is 10.5 Å². The van der Waals surface area contributed by atoms with E-state index in [0.717, 1.165) is 27.9 Å². The van der Waals surface area contributed by atoms with Gasteiger partial charge in [0.25, 0.3) is 0 Å². The van der Waals surface area contributed by atoms with E-state index in [-0.39, 0.29) is 0 Å². The Kier molecular flexibility index (Phi) is 4.75. The van der Waals surface area contributed by atoms with Crippen LogP contribution in [0.15, 0.2) is 61.2 Å². The number of carbonyl (C=O) groups excluding carboxylic acids is 1. The number of rotatable bonds is 3. The molecule has 5 heteroatoms. The molecule has 0 N–H and O–H groups in total. The highest BCUT2D eigenvalue weighted by molar-refractivity contribution is 5.89. The number of aromatic nitrogens is 2. The van der Waals surface area contributed by atoms with Crippen molar-refractivity contribution in [2.24, 2.45) is 0 Å². The van der Waals surface area contributed by atoms with Crippen LogP contribution in [0, 0.1) is 13.8 Å². The lowest BCUT2D eigenvalue weighted by molar-refractivity contribution is 0.209. The summed E-state index contributed by atoms with van der Waals surface area (Å²) in [7, 11) is 1.68. The first-order valence-electron chi connectivity index (χ1n) is 7.93. The van der Waals surface area contributed by atoms with E-state index >= 15 is 0 Å². The number of anilines is 1. The van der Waals surface area contributed by atoms with Gasteiger partial charge in [-0.2, -0.15) is 0 Å². The van der Waals surface area contributed by atoms with Crippen LogP contribution in [0.3, 0.4) is 0 Å². The predicted molar refractivity (Wildman–Crippen MR) is 97.8 cm³/mol. The van der Waals surface area contributed by atoms with Crippen LogP contribution in [-0.2, 0) is 0 Å². The number of aryl methyl sites for hydroxylation is 2. The second-order valence-corrected chi connectivity index (χ2v) is 5.85. The second-order valence-electron chi connectivity index (χ2n) is 5.85. The molecule has 0 aliphatic carbocycles. The van der Waals surface area contributed by atoms with Gasteiger partial charge in [-0.25, -0.2) is 14.8 Å². The lowest BCUT2D eigenvalue weighted by atomic mass is 10.1. The molecule has 1 aromatic heterocycles. The standard InChI is InChI=1S/C20H19N3O2/c1-14-4-9-19(10-15(14)2)25-20(24)23(3)18-7-5-16(6-8-18)17-11-21-13-22-12-17/h4-13H,1-3H3. The van der Waals surface area contributed by atoms with Crippen molar-refractivity contribution in [1.29, 1.82) is 0 Å². The lowest BCUT2D eigenvalue weighted by Crippen LogP contribution is -2.29. The van der Waals surface area contributed by atoms with Crippen molar-refractivity contribution in [3.05, 3.63) is 72.3 Å². The van der Waals surface area contributed by atoms with E-state index in [1.807, 2.05) is 50.2 Å². The average molecular weight is 333 g/mol. The van der Waals surface area contributed by atoms with Crippen molar-refractivity contribution >= 4 is 11.8 Å². The minimum Gasteiger partial charge on any atom is -0.410 e. The Bertz CT molecular complexity index is 877. The van der Waals surface area contributed by atoms with Crippen LogP contribution >= 0.6 is 0 Å². The van der Waals surface area contributed by atoms with Crippen molar-refractivity contribution in [2.75, 3.05) is 11.9 Å². The fourth-order valence-electron chi connectivity index (χ4n) is 2.38. The molecule has 0 aliphatic heterocycles. The first kappa shape index (κ1) is 16.6. The molecular weight excluding hydrogens is 314 g/mol. The summed E-state index contributed by atoms with van der Waals surface area (Å²) in [5, 5.41) is 0. The monoisotopic (exact) mass is 333 g/mol. The van der Waals surface area contributed by atoms with Gasteiger partial charge in [0.1, 0.15) is 12.1 Å². The molecule has 0 bridgehead atoms. The van der Waals surface area contributed by atoms with Gasteiger partial charge in [-0.15, -0.1) is 0 Å². The van der Waals surface area contributed by atoms with E-state index in [2.05, 4.69) is 9.97 Å². The van der Waals surface area contributed by atoms with Gasteiger partial charge in [0.15, 0.2) is 0 Å². The maximum atomic E-state index is 12.3. The highest BCUT2D eigenvalue weighted by Gasteiger charge is 2.14. The molecule has 0 spiro atoms. The SMILES string of the molecule is Cc1ccc(OC(=O)N(C)c2ccc(-c3cncnc3)cc2)cc1C. The largest absolute Gasteiger partial charge is 0.419 e. The third-order valence-electron chi connectivity index (χ3n) is 4.11. The summed E-state index contributed by atoms with van der Waals surface area (Å²) in [6.07, 6.45) is 4.56. The first-order chi connectivity index (χ1) is 12.0. The number of benzene rings is 2. The van der Waals surface area contributed by atoms with Gasteiger partial charge in [-0.05, 0) is 54.8 Å². The number of amides is 1. The molecule has 2 aromatic carbocycles. The van der Waals surface area contributed by atoms with Crippen molar-refractivity contribution in [3.63, 3.8) is 0 Å². The number of nitrogens with zero attached hydrogens (tertiary/aromatic N) is 3. The third-order valence-corrected chi connectivity index (χ3v) is 4.11. The molecule has 0 unspecified atom stereocenters. The van der Waals surface area contributed by atoms with Gasteiger partial charge in [-0.1, -0.05) is 18.2 Å². The Balaban J connectivity index is 1.72. The Morgan fingerprint density at radius 1 is 0.920 bits per heavy atom. The molecule has 1 heterocycles. The van der Waals surface area contributed by atoms with E-state index in [1.54, 1.807) is 25.5 Å². The molecule has 5 nitrogen and oxygen atoms in total. The Morgan fingerprint density at radius 2 is 1.60 bits per heavy atom. The van der Waals surface area contributed by atoms with Crippen LogP contribution in [0.5, 0.6) is 5.75 Å². The molecule has 0 fully saturated rings. The predicted octanol–water partition coefficient (Wildman–Crippen LogP) is 4.40. The summed E-state index contributed by atoms with van der Waals surface area (Å²) < 4.78 is 5.45. The highest BCUT2D eigenvalue weighted by Crippen LogP contribution is 2.23. The van der Waals surface area contributed by atoms with Gasteiger partial charge in [0, 0.05) is 30.7 Å². The molecule has 0 atom stereocenters. The van der Waals surface area contributed by atoms with Gasteiger partial charge >= 0.3 is 6.09 Å². The zero-order valence-corrected chi connectivity index (χ0v) is 14.4. The summed E-state index contributed by atoms with van der Waals surface area (Å²) in [6.45, 7) is 4.01. The molecule has 3 rings (SSSR count). The topological polar surface area (TPSA) is 55.3 Å². The Morgan fingerprint density at radius 3 is 2.24 bits per heavy atom. The summed E-state index contributed by atoms with van der Waals surface area (Å²) in [4.78, 5) is 21.8. The first-order valence-corrected chi connectivity index (χ1v) is 7.93. The molecular formula is C20H19N3O2. The molecule has 25 heavy (non-hydrogen) atoms. The van der Waals surface area contributed by atoms with Crippen LogP contribution in [-0.4, -0.2) is 23.1 Å². The van der Waals surface area contributed by atoms with Crippen molar-refractivity contribution in [1.82, 2.24) is 9.97 Å². The van der Waals surface area contributed by atoms with Crippen molar-refractivity contribution < 1.29 is 9.53 Å². The van der Waals surface area contributed by atoms with Crippen molar-refractivity contribution in [2.45, 2.75) is 13.8 Å². The number of ether oxygens (including phenoxy) is 1. The fraction of sp³-hybridized carbons (Fsp3) is 0.150. The van der Waals surface area contributed by atoms with Gasteiger partial charge in [-0.3, -0.25) is 4.90 Å². The fourth-order valence-corrected chi connectivity index (χ4v) is 2.38. The molecule has 0 radical (unpaired) electrons. The van der Waals surface area contributed by atoms with Gasteiger partial charge in [0.2, 0.25) is 0 Å². The third kappa shape index (κ3) is 3.83. The maximum absolute atomic E-state index is 12.3. The smallest absolute Gasteiger partial charge is 0.410 e. The Labute approximate surface area is 146 Å². The maximum Gasteiger partial charge on any atom is 0.419 e. The normalized spacial score (nSPS) is 10.4. The van der Waals surface area contributed by atoms with Crippen LogP contribution in [0.1, 0.15) is 11.1 Å². The zero-order valence-electron chi connectivity index (χ0n) is 14.4. The van der Waals surface area contributed by atoms with Crippen molar-refractivity contribution in [3.8, 4) is 16.9 Å². The van der Waals surface area contributed by atoms with Crippen LogP contribution < -0.4 is 9.64 Å². The molecule has 0 saturated carbocycles. The van der Waals surface area contributed by atoms with Gasteiger partial charge < -0.3 is 4.74 Å². The van der Waals surface area contributed by atoms with E-state index in [9.17, 15) is 4.79 Å². The molecule has 0 saturated heterocycles. The molecule has 3 aromatic rings. The second kappa shape index (κ2) is 7.13. The van der Waals surface area contributed by atoms with Crippen LogP contribution in [0.2, 0.25) is 0 Å². The summed E-state index contributed by atoms with van der Waals surface area (Å²) >= 11 is 0. The highest BCUT2D eigenvalue weighted by atomic mass is 16.6. The average Bonchev–Trinajstić information content (AvgIpc) is 2.65. The minimum atomic E-state index is -0.431. The van der Waals surface area contributed by atoms with Gasteiger partial charge in [0.05, 0.1) is 0 Å². The van der Waals surface area contributed by atoms with E-state index in [1.165, 1.54) is 11.2 Å². The summed E-state index contributed by atoms with van der Waals surface area (Å²) in [6, 6.07) is 13.2. The summed E-state index contributed by atoms with van der Waals surface area (Å²) in [5.41, 5.74) is 4.90. The number of hydrogen-bond donors (Lipinski definition) is 0. The van der Waals surface area contributed by atoms with E-state index < -0.39 is 6.09 Å². The Hall–Kier alpha value is -3.21. The van der Waals surface area contributed by atoms with Crippen LogP contribution in [0.25, 0.3) is 11.1 Å². The zero-order chi connectivity index (χ0) is 17.8. The summed E-state index contributed by atoms with van der Waals surface area (Å²) in [5.74, 6) is 0.540. The van der Waals surface area contributed by atoms with E-state index in [4.69, 9.17) is 4.74 Å².